The van der Waals surface area contributed by atoms with Gasteiger partial charge in [0.1, 0.15) is 5.75 Å². The summed E-state index contributed by atoms with van der Waals surface area (Å²) in [6, 6.07) is 11.7. The molecule has 1 aromatic carbocycles. The molecule has 2 aromatic heterocycles. The van der Waals surface area contributed by atoms with Gasteiger partial charge in [0.25, 0.3) is 0 Å². The molecule has 0 radical (unpaired) electrons. The number of aromatic nitrogens is 1. The third-order valence-corrected chi connectivity index (χ3v) is 4.36. The predicted molar refractivity (Wildman–Crippen MR) is 89.3 cm³/mol. The van der Waals surface area contributed by atoms with Gasteiger partial charge in [-0.05, 0) is 40.8 Å². The van der Waals surface area contributed by atoms with Gasteiger partial charge in [-0.25, -0.2) is 0 Å². The second kappa shape index (κ2) is 6.87. The van der Waals surface area contributed by atoms with Crippen molar-refractivity contribution < 1.29 is 9.84 Å². The van der Waals surface area contributed by atoms with Gasteiger partial charge >= 0.3 is 0 Å². The fraction of sp³-hybridized carbons (Fsp3) is 0.235. The number of aliphatic hydroxyl groups is 1. The molecule has 0 aliphatic carbocycles. The van der Waals surface area contributed by atoms with Crippen LogP contribution < -0.4 is 10.1 Å². The van der Waals surface area contributed by atoms with Crippen LogP contribution in [0.5, 0.6) is 5.75 Å². The third kappa shape index (κ3) is 3.44. The molecule has 3 aromatic rings. The second-order valence-electron chi connectivity index (χ2n) is 5.07. The van der Waals surface area contributed by atoms with E-state index in [0.717, 1.165) is 22.4 Å². The van der Waals surface area contributed by atoms with Gasteiger partial charge in [-0.15, -0.1) is 11.3 Å². The Hall–Kier alpha value is -1.95. The summed E-state index contributed by atoms with van der Waals surface area (Å²) in [6.07, 6.45) is 1.31. The highest BCUT2D eigenvalue weighted by Gasteiger charge is 2.08. The third-order valence-electron chi connectivity index (χ3n) is 3.50. The van der Waals surface area contributed by atoms with E-state index in [4.69, 9.17) is 4.74 Å². The minimum absolute atomic E-state index is 0.482. The van der Waals surface area contributed by atoms with Crippen molar-refractivity contribution in [2.75, 3.05) is 13.7 Å². The van der Waals surface area contributed by atoms with Crippen molar-refractivity contribution in [1.82, 2.24) is 10.3 Å². The van der Waals surface area contributed by atoms with Crippen LogP contribution in [0.4, 0.5) is 0 Å². The van der Waals surface area contributed by atoms with Crippen LogP contribution in [0.1, 0.15) is 17.2 Å². The quantitative estimate of drug-likeness (QED) is 0.734. The average Bonchev–Trinajstić information content (AvgIpc) is 3.02. The summed E-state index contributed by atoms with van der Waals surface area (Å²) >= 11 is 1.69. The number of thiophene rings is 1. The summed E-state index contributed by atoms with van der Waals surface area (Å²) in [6.45, 7) is 1.16. The van der Waals surface area contributed by atoms with Gasteiger partial charge in [0, 0.05) is 19.3 Å². The van der Waals surface area contributed by atoms with Gasteiger partial charge in [0.05, 0.1) is 23.4 Å². The van der Waals surface area contributed by atoms with Gasteiger partial charge in [0.15, 0.2) is 0 Å². The van der Waals surface area contributed by atoms with Gasteiger partial charge in [-0.1, -0.05) is 12.1 Å². The molecule has 2 heterocycles. The lowest BCUT2D eigenvalue weighted by atomic mass is 10.1. The van der Waals surface area contributed by atoms with Crippen LogP contribution in [-0.4, -0.2) is 23.7 Å². The van der Waals surface area contributed by atoms with E-state index < -0.39 is 6.10 Å². The van der Waals surface area contributed by atoms with Gasteiger partial charge in [-0.2, -0.15) is 0 Å². The Labute approximate surface area is 133 Å². The zero-order chi connectivity index (χ0) is 15.4. The maximum absolute atomic E-state index is 10.2. The first kappa shape index (κ1) is 15.0. The second-order valence-corrected chi connectivity index (χ2v) is 6.02. The summed E-state index contributed by atoms with van der Waals surface area (Å²) in [5.41, 5.74) is 3.00. The molecule has 1 atom stereocenters. The van der Waals surface area contributed by atoms with Gasteiger partial charge in [-0.3, -0.25) is 4.98 Å². The standard InChI is InChI=1S/C17H18N2O2S/c1-21-14-4-2-3-13(8-14)16(20)11-18-9-12-7-17-15(19-10-12)5-6-22-17/h2-8,10,16,18,20H,9,11H2,1H3. The molecule has 114 valence electrons. The van der Waals surface area contributed by atoms with Crippen molar-refractivity contribution in [3.63, 3.8) is 0 Å². The number of methoxy groups -OCH3 is 1. The number of pyridine rings is 1. The molecule has 2 N–H and O–H groups in total. The Balaban J connectivity index is 1.57. The van der Waals surface area contributed by atoms with Gasteiger partial charge < -0.3 is 15.2 Å². The average molecular weight is 314 g/mol. The fourth-order valence-corrected chi connectivity index (χ4v) is 3.11. The minimum Gasteiger partial charge on any atom is -0.497 e. The molecule has 0 bridgehead atoms. The van der Waals surface area contributed by atoms with Crippen molar-refractivity contribution in [3.8, 4) is 5.75 Å². The Morgan fingerprint density at radius 3 is 3.09 bits per heavy atom. The molecule has 4 nitrogen and oxygen atoms in total. The van der Waals surface area contributed by atoms with Crippen LogP contribution in [0.25, 0.3) is 10.2 Å². The van der Waals surface area contributed by atoms with E-state index in [2.05, 4.69) is 16.4 Å². The summed E-state index contributed by atoms with van der Waals surface area (Å²) < 4.78 is 6.36. The first-order valence-corrected chi connectivity index (χ1v) is 7.99. The molecule has 3 rings (SSSR count). The highest BCUT2D eigenvalue weighted by molar-refractivity contribution is 7.17. The molecule has 22 heavy (non-hydrogen) atoms. The van der Waals surface area contributed by atoms with Crippen LogP contribution in [-0.2, 0) is 6.54 Å². The summed E-state index contributed by atoms with van der Waals surface area (Å²) in [5, 5.41) is 15.5. The number of ether oxygens (including phenoxy) is 1. The number of benzene rings is 1. The molecule has 0 amide bonds. The Bertz CT molecular complexity index is 757. The van der Waals surface area contributed by atoms with Crippen LogP contribution in [0.15, 0.2) is 48.0 Å². The number of hydrogen-bond donors (Lipinski definition) is 2. The van der Waals surface area contributed by atoms with Crippen LogP contribution in [0, 0.1) is 0 Å². The molecule has 0 saturated heterocycles. The van der Waals surface area contributed by atoms with Crippen molar-refractivity contribution >= 4 is 21.6 Å². The van der Waals surface area contributed by atoms with Crippen molar-refractivity contribution in [2.24, 2.45) is 0 Å². The maximum atomic E-state index is 10.2. The van der Waals surface area contributed by atoms with E-state index in [1.165, 1.54) is 4.70 Å². The van der Waals surface area contributed by atoms with E-state index in [0.29, 0.717) is 13.1 Å². The predicted octanol–water partition coefficient (Wildman–Crippen LogP) is 3.13. The normalized spacial score (nSPS) is 12.5. The van der Waals surface area contributed by atoms with Crippen molar-refractivity contribution in [3.05, 3.63) is 59.1 Å². The molecule has 5 heteroatoms. The van der Waals surface area contributed by atoms with Crippen LogP contribution in [0.3, 0.4) is 0 Å². The molecule has 0 aliphatic rings. The molecule has 0 spiro atoms. The Kier molecular flexibility index (Phi) is 4.68. The molecule has 0 aliphatic heterocycles. The lowest BCUT2D eigenvalue weighted by Crippen LogP contribution is -2.21. The van der Waals surface area contributed by atoms with Crippen LogP contribution >= 0.6 is 11.3 Å². The fourth-order valence-electron chi connectivity index (χ4n) is 2.30. The number of fused-ring (bicyclic) bond motifs is 1. The molecule has 0 saturated carbocycles. The monoisotopic (exact) mass is 314 g/mol. The van der Waals surface area contributed by atoms with Crippen molar-refractivity contribution in [1.29, 1.82) is 0 Å². The molecule has 1 unspecified atom stereocenters. The first-order valence-electron chi connectivity index (χ1n) is 7.11. The number of hydrogen-bond acceptors (Lipinski definition) is 5. The van der Waals surface area contributed by atoms with Crippen LogP contribution in [0.2, 0.25) is 0 Å². The summed E-state index contributed by atoms with van der Waals surface area (Å²) in [4.78, 5) is 4.41. The minimum atomic E-state index is -0.562. The zero-order valence-electron chi connectivity index (χ0n) is 12.3. The van der Waals surface area contributed by atoms with E-state index in [1.807, 2.05) is 41.9 Å². The smallest absolute Gasteiger partial charge is 0.119 e. The zero-order valence-corrected chi connectivity index (χ0v) is 13.1. The Morgan fingerprint density at radius 2 is 2.23 bits per heavy atom. The number of rotatable bonds is 6. The number of aliphatic hydroxyl groups excluding tert-OH is 1. The Morgan fingerprint density at radius 1 is 1.32 bits per heavy atom. The summed E-state index contributed by atoms with van der Waals surface area (Å²) in [5.74, 6) is 0.754. The highest BCUT2D eigenvalue weighted by atomic mass is 32.1. The lowest BCUT2D eigenvalue weighted by Gasteiger charge is -2.13. The lowest BCUT2D eigenvalue weighted by molar-refractivity contribution is 0.174. The largest absolute Gasteiger partial charge is 0.497 e. The van der Waals surface area contributed by atoms with E-state index >= 15 is 0 Å². The topological polar surface area (TPSA) is 54.4 Å². The van der Waals surface area contributed by atoms with E-state index in [9.17, 15) is 5.11 Å². The SMILES string of the molecule is COc1cccc(C(O)CNCc2cnc3ccsc3c2)c1. The molecular formula is C17H18N2O2S. The first-order chi connectivity index (χ1) is 10.8. The van der Waals surface area contributed by atoms with E-state index in [-0.39, 0.29) is 0 Å². The maximum Gasteiger partial charge on any atom is 0.119 e. The van der Waals surface area contributed by atoms with E-state index in [1.54, 1.807) is 18.4 Å². The highest BCUT2D eigenvalue weighted by Crippen LogP contribution is 2.20. The number of nitrogens with zero attached hydrogens (tertiary/aromatic N) is 1. The molecular weight excluding hydrogens is 296 g/mol. The molecule has 0 fully saturated rings. The van der Waals surface area contributed by atoms with Crippen molar-refractivity contribution in [2.45, 2.75) is 12.6 Å². The number of nitrogens with one attached hydrogen (secondary N) is 1. The van der Waals surface area contributed by atoms with Gasteiger partial charge in [0.2, 0.25) is 0 Å². The summed E-state index contributed by atoms with van der Waals surface area (Å²) in [7, 11) is 1.62.